The average Bonchev–Trinajstić information content (AvgIpc) is 2.43. The van der Waals surface area contributed by atoms with Crippen molar-refractivity contribution in [2.24, 2.45) is 11.7 Å². The van der Waals surface area contributed by atoms with E-state index in [1.165, 1.54) is 0 Å². The highest BCUT2D eigenvalue weighted by Gasteiger charge is 2.18. The SMILES string of the molecule is CCC(C)C(N)C(=O)NCc1ccc(CO)cc1. The summed E-state index contributed by atoms with van der Waals surface area (Å²) in [5.41, 5.74) is 7.70. The van der Waals surface area contributed by atoms with E-state index in [4.69, 9.17) is 10.8 Å². The molecule has 0 aliphatic heterocycles. The van der Waals surface area contributed by atoms with Crippen LogP contribution in [0.5, 0.6) is 0 Å². The summed E-state index contributed by atoms with van der Waals surface area (Å²) >= 11 is 0. The van der Waals surface area contributed by atoms with E-state index < -0.39 is 6.04 Å². The van der Waals surface area contributed by atoms with Gasteiger partial charge in [-0.25, -0.2) is 0 Å². The largest absolute Gasteiger partial charge is 0.392 e. The van der Waals surface area contributed by atoms with Gasteiger partial charge in [-0.05, 0) is 17.0 Å². The number of rotatable bonds is 6. The summed E-state index contributed by atoms with van der Waals surface area (Å²) in [6.07, 6.45) is 0.889. The van der Waals surface area contributed by atoms with E-state index in [9.17, 15) is 4.79 Å². The van der Waals surface area contributed by atoms with Gasteiger partial charge >= 0.3 is 0 Å². The summed E-state index contributed by atoms with van der Waals surface area (Å²) in [5, 5.41) is 11.7. The molecule has 0 saturated heterocycles. The van der Waals surface area contributed by atoms with E-state index in [1.54, 1.807) is 0 Å². The van der Waals surface area contributed by atoms with Crippen molar-refractivity contribution >= 4 is 5.91 Å². The minimum absolute atomic E-state index is 0.0333. The minimum atomic E-state index is -0.452. The molecule has 18 heavy (non-hydrogen) atoms. The summed E-state index contributed by atoms with van der Waals surface area (Å²) in [5.74, 6) is 0.0670. The maximum absolute atomic E-state index is 11.8. The van der Waals surface area contributed by atoms with E-state index in [2.05, 4.69) is 5.32 Å². The summed E-state index contributed by atoms with van der Waals surface area (Å²) in [4.78, 5) is 11.8. The Morgan fingerprint density at radius 1 is 1.33 bits per heavy atom. The van der Waals surface area contributed by atoms with Gasteiger partial charge in [-0.1, -0.05) is 44.5 Å². The Morgan fingerprint density at radius 2 is 1.89 bits per heavy atom. The van der Waals surface area contributed by atoms with Gasteiger partial charge in [0.25, 0.3) is 0 Å². The smallest absolute Gasteiger partial charge is 0.237 e. The molecule has 100 valence electrons. The molecule has 2 atom stereocenters. The van der Waals surface area contributed by atoms with Gasteiger partial charge in [0.2, 0.25) is 5.91 Å². The summed E-state index contributed by atoms with van der Waals surface area (Å²) < 4.78 is 0. The van der Waals surface area contributed by atoms with Crippen molar-refractivity contribution in [2.45, 2.75) is 39.5 Å². The maximum Gasteiger partial charge on any atom is 0.237 e. The molecule has 0 saturated carbocycles. The molecule has 4 N–H and O–H groups in total. The van der Waals surface area contributed by atoms with E-state index in [0.717, 1.165) is 17.5 Å². The third-order valence-electron chi connectivity index (χ3n) is 3.23. The molecule has 4 heteroatoms. The number of aliphatic hydroxyl groups is 1. The topological polar surface area (TPSA) is 75.4 Å². The zero-order chi connectivity index (χ0) is 13.5. The molecule has 1 aromatic rings. The number of aliphatic hydroxyl groups excluding tert-OH is 1. The highest BCUT2D eigenvalue weighted by atomic mass is 16.3. The van der Waals surface area contributed by atoms with Crippen LogP contribution in [0, 0.1) is 5.92 Å². The molecule has 0 radical (unpaired) electrons. The Balaban J connectivity index is 2.46. The highest BCUT2D eigenvalue weighted by Crippen LogP contribution is 2.07. The molecule has 0 bridgehead atoms. The Bertz CT molecular complexity index is 376. The van der Waals surface area contributed by atoms with E-state index in [0.29, 0.717) is 6.54 Å². The van der Waals surface area contributed by atoms with Crippen LogP contribution >= 0.6 is 0 Å². The number of hydrogen-bond acceptors (Lipinski definition) is 3. The van der Waals surface area contributed by atoms with E-state index in [-0.39, 0.29) is 18.4 Å². The molecular formula is C14H22N2O2. The molecule has 1 amide bonds. The van der Waals surface area contributed by atoms with Crippen LogP contribution in [-0.2, 0) is 17.9 Å². The van der Waals surface area contributed by atoms with Crippen LogP contribution in [0.4, 0.5) is 0 Å². The van der Waals surface area contributed by atoms with Crippen molar-refractivity contribution < 1.29 is 9.90 Å². The standard InChI is InChI=1S/C14H22N2O2/c1-3-10(2)13(15)14(18)16-8-11-4-6-12(9-17)7-5-11/h4-7,10,13,17H,3,8-9,15H2,1-2H3,(H,16,18). The number of amides is 1. The zero-order valence-corrected chi connectivity index (χ0v) is 11.0. The highest BCUT2D eigenvalue weighted by molar-refractivity contribution is 5.81. The molecule has 2 unspecified atom stereocenters. The molecule has 4 nitrogen and oxygen atoms in total. The quantitative estimate of drug-likeness (QED) is 0.709. The fourth-order valence-electron chi connectivity index (χ4n) is 1.58. The van der Waals surface area contributed by atoms with Crippen LogP contribution in [-0.4, -0.2) is 17.1 Å². The van der Waals surface area contributed by atoms with Crippen LogP contribution in [0.1, 0.15) is 31.4 Å². The third-order valence-corrected chi connectivity index (χ3v) is 3.23. The first kappa shape index (κ1) is 14.7. The van der Waals surface area contributed by atoms with E-state index in [1.807, 2.05) is 38.1 Å². The van der Waals surface area contributed by atoms with Gasteiger partial charge in [-0.2, -0.15) is 0 Å². The number of hydrogen-bond donors (Lipinski definition) is 3. The fraction of sp³-hybridized carbons (Fsp3) is 0.500. The zero-order valence-electron chi connectivity index (χ0n) is 11.0. The molecule has 0 spiro atoms. The minimum Gasteiger partial charge on any atom is -0.392 e. The van der Waals surface area contributed by atoms with Crippen LogP contribution in [0.3, 0.4) is 0 Å². The van der Waals surface area contributed by atoms with Crippen LogP contribution in [0.15, 0.2) is 24.3 Å². The summed E-state index contributed by atoms with van der Waals surface area (Å²) in [7, 11) is 0. The predicted octanol–water partition coefficient (Wildman–Crippen LogP) is 1.17. The second-order valence-corrected chi connectivity index (χ2v) is 4.60. The number of carbonyl (C=O) groups is 1. The van der Waals surface area contributed by atoms with Crippen molar-refractivity contribution in [2.75, 3.05) is 0 Å². The lowest BCUT2D eigenvalue weighted by Crippen LogP contribution is -2.44. The molecule has 1 aromatic carbocycles. The Hall–Kier alpha value is -1.39. The monoisotopic (exact) mass is 250 g/mol. The third kappa shape index (κ3) is 4.13. The lowest BCUT2D eigenvalue weighted by atomic mass is 9.99. The second kappa shape index (κ2) is 7.13. The van der Waals surface area contributed by atoms with Gasteiger partial charge in [0.1, 0.15) is 0 Å². The Morgan fingerprint density at radius 3 is 2.39 bits per heavy atom. The molecule has 0 aliphatic carbocycles. The number of nitrogens with one attached hydrogen (secondary N) is 1. The van der Waals surface area contributed by atoms with Crippen molar-refractivity contribution in [3.05, 3.63) is 35.4 Å². The normalized spacial score (nSPS) is 14.0. The molecule has 0 heterocycles. The lowest BCUT2D eigenvalue weighted by Gasteiger charge is -2.17. The van der Waals surface area contributed by atoms with Gasteiger partial charge in [-0.15, -0.1) is 0 Å². The van der Waals surface area contributed by atoms with Gasteiger partial charge in [0.05, 0.1) is 12.6 Å². The first-order valence-corrected chi connectivity index (χ1v) is 6.30. The molecule has 0 aromatic heterocycles. The Labute approximate surface area is 108 Å². The average molecular weight is 250 g/mol. The first-order valence-electron chi connectivity index (χ1n) is 6.30. The van der Waals surface area contributed by atoms with Crippen molar-refractivity contribution in [3.63, 3.8) is 0 Å². The molecule has 1 rings (SSSR count). The predicted molar refractivity (Wildman–Crippen MR) is 71.6 cm³/mol. The van der Waals surface area contributed by atoms with Crippen molar-refractivity contribution in [1.82, 2.24) is 5.32 Å². The van der Waals surface area contributed by atoms with Gasteiger partial charge in [0.15, 0.2) is 0 Å². The van der Waals surface area contributed by atoms with Crippen LogP contribution in [0.2, 0.25) is 0 Å². The van der Waals surface area contributed by atoms with Crippen molar-refractivity contribution in [1.29, 1.82) is 0 Å². The van der Waals surface area contributed by atoms with Gasteiger partial charge < -0.3 is 16.2 Å². The first-order chi connectivity index (χ1) is 8.58. The Kier molecular flexibility index (Phi) is 5.82. The van der Waals surface area contributed by atoms with Crippen LogP contribution in [0.25, 0.3) is 0 Å². The fourth-order valence-corrected chi connectivity index (χ4v) is 1.58. The summed E-state index contributed by atoms with van der Waals surface area (Å²) in [6, 6.07) is 7.01. The molecular weight excluding hydrogens is 228 g/mol. The molecule has 0 fully saturated rings. The van der Waals surface area contributed by atoms with Gasteiger partial charge in [0, 0.05) is 6.54 Å². The van der Waals surface area contributed by atoms with Crippen molar-refractivity contribution in [3.8, 4) is 0 Å². The maximum atomic E-state index is 11.8. The molecule has 0 aliphatic rings. The van der Waals surface area contributed by atoms with E-state index >= 15 is 0 Å². The lowest BCUT2D eigenvalue weighted by molar-refractivity contribution is -0.123. The second-order valence-electron chi connectivity index (χ2n) is 4.60. The number of benzene rings is 1. The number of carbonyl (C=O) groups excluding carboxylic acids is 1. The number of nitrogens with two attached hydrogens (primary N) is 1. The van der Waals surface area contributed by atoms with Gasteiger partial charge in [-0.3, -0.25) is 4.79 Å². The van der Waals surface area contributed by atoms with Crippen LogP contribution < -0.4 is 11.1 Å². The summed E-state index contributed by atoms with van der Waals surface area (Å²) in [6.45, 7) is 4.49.